The molecule has 0 fully saturated rings. The van der Waals surface area contributed by atoms with Crippen LogP contribution in [0.3, 0.4) is 0 Å². The summed E-state index contributed by atoms with van der Waals surface area (Å²) in [7, 11) is 0. The van der Waals surface area contributed by atoms with Crippen LogP contribution in [0.15, 0.2) is 83.0 Å². The molecule has 0 radical (unpaired) electrons. The fourth-order valence-corrected chi connectivity index (χ4v) is 4.48. The number of carbonyl (C=O) groups excluding carboxylic acids is 1. The van der Waals surface area contributed by atoms with Gasteiger partial charge in [0, 0.05) is 11.3 Å². The number of benzene rings is 3. The molecule has 0 spiro atoms. The van der Waals surface area contributed by atoms with Gasteiger partial charge in [-0.1, -0.05) is 72.2 Å². The summed E-state index contributed by atoms with van der Waals surface area (Å²) in [5.41, 5.74) is 6.05. The number of carbonyl (C=O) groups is 1. The highest BCUT2D eigenvalue weighted by molar-refractivity contribution is 5.86. The minimum Gasteiger partial charge on any atom is -0.334 e. The maximum Gasteiger partial charge on any atom is 0.322 e. The molecule has 1 aliphatic heterocycles. The molecule has 1 aromatic heterocycles. The molecule has 2 heterocycles. The smallest absolute Gasteiger partial charge is 0.322 e. The first-order valence-corrected chi connectivity index (χ1v) is 12.0. The predicted molar refractivity (Wildman–Crippen MR) is 136 cm³/mol. The second kappa shape index (κ2) is 9.77. The minimum atomic E-state index is -0.641. The normalized spacial score (nSPS) is 15.8. The van der Waals surface area contributed by atoms with Crippen molar-refractivity contribution < 1.29 is 13.7 Å². The fraction of sp³-hybridized carbons (Fsp3) is 0.207. The lowest BCUT2D eigenvalue weighted by Gasteiger charge is -2.35. The van der Waals surface area contributed by atoms with Gasteiger partial charge in [-0.25, -0.2) is 9.18 Å². The average molecular weight is 483 g/mol. The number of hydrogen-bond acceptors (Lipinski definition) is 4. The molecule has 36 heavy (non-hydrogen) atoms. The van der Waals surface area contributed by atoms with Crippen molar-refractivity contribution in [1.29, 1.82) is 0 Å². The summed E-state index contributed by atoms with van der Waals surface area (Å²) >= 11 is 0. The highest BCUT2D eigenvalue weighted by atomic mass is 19.1. The molecule has 0 aliphatic carbocycles. The fourth-order valence-electron chi connectivity index (χ4n) is 4.48. The van der Waals surface area contributed by atoms with Crippen LogP contribution in [-0.2, 0) is 13.0 Å². The van der Waals surface area contributed by atoms with Crippen LogP contribution in [0, 0.1) is 12.7 Å². The number of aromatic nitrogens is 2. The zero-order valence-corrected chi connectivity index (χ0v) is 20.5. The molecule has 6 nitrogen and oxygen atoms in total. The number of rotatable bonds is 6. The Kier molecular flexibility index (Phi) is 6.38. The highest BCUT2D eigenvalue weighted by Crippen LogP contribution is 2.38. The van der Waals surface area contributed by atoms with Crippen LogP contribution in [0.25, 0.3) is 17.0 Å². The molecule has 1 atom stereocenters. The van der Waals surface area contributed by atoms with Crippen molar-refractivity contribution in [2.24, 2.45) is 0 Å². The molecule has 3 aromatic carbocycles. The summed E-state index contributed by atoms with van der Waals surface area (Å²) in [6, 6.07) is 21.3. The van der Waals surface area contributed by atoms with Crippen LogP contribution >= 0.6 is 0 Å². The van der Waals surface area contributed by atoms with Crippen molar-refractivity contribution in [2.45, 2.75) is 39.8 Å². The van der Waals surface area contributed by atoms with E-state index in [-0.39, 0.29) is 17.7 Å². The minimum absolute atomic E-state index is 0.275. The van der Waals surface area contributed by atoms with Crippen molar-refractivity contribution in [3.05, 3.63) is 112 Å². The molecule has 5 rings (SSSR count). The monoisotopic (exact) mass is 482 g/mol. The molecule has 0 saturated heterocycles. The number of urea groups is 1. The molecule has 0 saturated carbocycles. The molecular weight excluding hydrogens is 455 g/mol. The first kappa shape index (κ1) is 23.5. The second-order valence-corrected chi connectivity index (χ2v) is 8.99. The van der Waals surface area contributed by atoms with Crippen LogP contribution in [0.1, 0.15) is 48.0 Å². The van der Waals surface area contributed by atoms with E-state index in [2.05, 4.69) is 34.5 Å². The Hall–Kier alpha value is -4.26. The summed E-state index contributed by atoms with van der Waals surface area (Å²) in [5, 5.41) is 7.23. The number of aryl methyl sites for hydroxylation is 2. The van der Waals surface area contributed by atoms with E-state index in [0.29, 0.717) is 29.2 Å². The Morgan fingerprint density at radius 3 is 2.47 bits per heavy atom. The van der Waals surface area contributed by atoms with E-state index < -0.39 is 6.04 Å². The van der Waals surface area contributed by atoms with Crippen LogP contribution in [0.4, 0.5) is 9.18 Å². The van der Waals surface area contributed by atoms with E-state index in [4.69, 9.17) is 4.52 Å². The van der Waals surface area contributed by atoms with Crippen LogP contribution in [0.5, 0.6) is 0 Å². The van der Waals surface area contributed by atoms with Gasteiger partial charge in [0.15, 0.2) is 0 Å². The summed E-state index contributed by atoms with van der Waals surface area (Å²) in [5.74, 6) is 0.346. The molecule has 2 amide bonds. The second-order valence-electron chi connectivity index (χ2n) is 8.99. The molecule has 0 bridgehead atoms. The van der Waals surface area contributed by atoms with Gasteiger partial charge in [-0.3, -0.25) is 4.90 Å². The first-order valence-electron chi connectivity index (χ1n) is 12.0. The summed E-state index contributed by atoms with van der Waals surface area (Å²) < 4.78 is 19.9. The van der Waals surface area contributed by atoms with Gasteiger partial charge in [0.25, 0.3) is 5.89 Å². The van der Waals surface area contributed by atoms with Gasteiger partial charge >= 0.3 is 6.03 Å². The molecule has 1 N–H and O–H groups in total. The van der Waals surface area contributed by atoms with Crippen LogP contribution in [0.2, 0.25) is 0 Å². The molecule has 7 heteroatoms. The van der Waals surface area contributed by atoms with Gasteiger partial charge in [-0.05, 0) is 55.2 Å². The van der Waals surface area contributed by atoms with Crippen LogP contribution < -0.4 is 5.32 Å². The van der Waals surface area contributed by atoms with Gasteiger partial charge in [-0.2, -0.15) is 4.98 Å². The number of allylic oxidation sites excluding steroid dienone is 1. The molecule has 1 unspecified atom stereocenters. The standard InChI is InChI=1S/C29H27FN4O2/c1-4-20-11-13-21(14-12-20)17-34-19(3)25(26(31-29(34)35)22-8-6-10-24(30)16-22)28-32-27(33-36-28)23-9-5-7-18(2)15-23/h5-16,26H,4,17H2,1-3H3,(H,31,35). The van der Waals surface area contributed by atoms with E-state index in [1.165, 1.54) is 17.7 Å². The average Bonchev–Trinajstić information content (AvgIpc) is 3.36. The van der Waals surface area contributed by atoms with E-state index in [0.717, 1.165) is 23.1 Å². The summed E-state index contributed by atoms with van der Waals surface area (Å²) in [4.78, 5) is 19.6. The first-order chi connectivity index (χ1) is 17.4. The number of halogens is 1. The maximum absolute atomic E-state index is 14.1. The number of hydrogen-bond donors (Lipinski definition) is 1. The lowest BCUT2D eigenvalue weighted by Crippen LogP contribution is -2.45. The van der Waals surface area contributed by atoms with Gasteiger partial charge in [0.1, 0.15) is 5.82 Å². The van der Waals surface area contributed by atoms with Crippen molar-refractivity contribution >= 4 is 11.6 Å². The summed E-state index contributed by atoms with van der Waals surface area (Å²) in [6.07, 6.45) is 0.948. The lowest BCUT2D eigenvalue weighted by atomic mass is 9.94. The van der Waals surface area contributed by atoms with Gasteiger partial charge in [-0.15, -0.1) is 0 Å². The van der Waals surface area contributed by atoms with Crippen molar-refractivity contribution in [3.63, 3.8) is 0 Å². The third kappa shape index (κ3) is 4.64. The molecule has 182 valence electrons. The quantitative estimate of drug-likeness (QED) is 0.343. The Balaban J connectivity index is 1.58. The Morgan fingerprint density at radius 1 is 1.00 bits per heavy atom. The van der Waals surface area contributed by atoms with E-state index >= 15 is 0 Å². The van der Waals surface area contributed by atoms with Gasteiger partial charge in [0.05, 0.1) is 18.2 Å². The number of nitrogens with zero attached hydrogens (tertiary/aromatic N) is 3. The zero-order chi connectivity index (χ0) is 25.2. The summed E-state index contributed by atoms with van der Waals surface area (Å²) in [6.45, 7) is 6.34. The van der Waals surface area contributed by atoms with E-state index in [9.17, 15) is 9.18 Å². The van der Waals surface area contributed by atoms with E-state index in [1.807, 2.05) is 50.2 Å². The largest absolute Gasteiger partial charge is 0.334 e. The van der Waals surface area contributed by atoms with E-state index in [1.54, 1.807) is 17.0 Å². The van der Waals surface area contributed by atoms with Crippen LogP contribution in [-0.4, -0.2) is 21.1 Å². The molecular formula is C29H27FN4O2. The van der Waals surface area contributed by atoms with Crippen molar-refractivity contribution in [3.8, 4) is 11.4 Å². The molecule has 4 aromatic rings. The predicted octanol–water partition coefficient (Wildman–Crippen LogP) is 6.44. The Bertz CT molecular complexity index is 1440. The third-order valence-electron chi connectivity index (χ3n) is 6.48. The maximum atomic E-state index is 14.1. The Morgan fingerprint density at radius 2 is 1.75 bits per heavy atom. The van der Waals surface area contributed by atoms with Gasteiger partial charge in [0.2, 0.25) is 5.82 Å². The lowest BCUT2D eigenvalue weighted by molar-refractivity contribution is 0.203. The Labute approximate surface area is 209 Å². The number of amides is 2. The van der Waals surface area contributed by atoms with Crippen molar-refractivity contribution in [1.82, 2.24) is 20.4 Å². The zero-order valence-electron chi connectivity index (χ0n) is 20.5. The topological polar surface area (TPSA) is 71.3 Å². The number of nitrogens with one attached hydrogen (secondary N) is 1. The SMILES string of the molecule is CCc1ccc(CN2C(=O)NC(c3cccc(F)c3)C(c3nc(-c4cccc(C)c4)no3)=C2C)cc1. The highest BCUT2D eigenvalue weighted by Gasteiger charge is 2.36. The third-order valence-corrected chi connectivity index (χ3v) is 6.48. The van der Waals surface area contributed by atoms with Gasteiger partial charge < -0.3 is 9.84 Å². The van der Waals surface area contributed by atoms with Crippen molar-refractivity contribution in [2.75, 3.05) is 0 Å². The molecule has 1 aliphatic rings.